The molecule has 1 aromatic carbocycles. The third-order valence-electron chi connectivity index (χ3n) is 6.90. The minimum Gasteiger partial charge on any atom is -0.393 e. The van der Waals surface area contributed by atoms with E-state index in [-0.39, 0.29) is 11.5 Å². The first-order valence-electron chi connectivity index (χ1n) is 8.98. The summed E-state index contributed by atoms with van der Waals surface area (Å²) in [6.45, 7) is 2.28. The first-order chi connectivity index (χ1) is 11.3. The van der Waals surface area contributed by atoms with E-state index in [4.69, 9.17) is 4.18 Å². The second-order valence-corrected chi connectivity index (χ2v) is 9.78. The summed E-state index contributed by atoms with van der Waals surface area (Å²) in [6, 6.07) is 5.77. The van der Waals surface area contributed by atoms with E-state index < -0.39 is 10.1 Å². The SMILES string of the molecule is CC12CCC3c4ccc(OS(C)(=O)=O)cc4CCC3C1CCC2O. The van der Waals surface area contributed by atoms with Crippen molar-refractivity contribution in [1.82, 2.24) is 0 Å². The van der Waals surface area contributed by atoms with Crippen LogP contribution < -0.4 is 4.18 Å². The molecule has 5 atom stereocenters. The normalized spacial score (nSPS) is 38.1. The van der Waals surface area contributed by atoms with Crippen molar-refractivity contribution in [2.45, 2.75) is 57.5 Å². The molecule has 0 amide bonds. The smallest absolute Gasteiger partial charge is 0.306 e. The van der Waals surface area contributed by atoms with Crippen molar-refractivity contribution in [2.75, 3.05) is 6.26 Å². The van der Waals surface area contributed by atoms with Gasteiger partial charge in [-0.2, -0.15) is 8.42 Å². The zero-order chi connectivity index (χ0) is 17.1. The molecule has 0 heterocycles. The average molecular weight is 350 g/mol. The predicted octanol–water partition coefficient (Wildman–Crippen LogP) is 3.24. The molecule has 4 rings (SSSR count). The maximum Gasteiger partial charge on any atom is 0.306 e. The Balaban J connectivity index is 1.63. The van der Waals surface area contributed by atoms with Crippen LogP contribution in [0.5, 0.6) is 5.75 Å². The van der Waals surface area contributed by atoms with Crippen molar-refractivity contribution < 1.29 is 17.7 Å². The Labute approximate surface area is 144 Å². The van der Waals surface area contributed by atoms with Gasteiger partial charge in [0.2, 0.25) is 0 Å². The highest BCUT2D eigenvalue weighted by Crippen LogP contribution is 2.60. The van der Waals surface area contributed by atoms with Crippen molar-refractivity contribution in [3.63, 3.8) is 0 Å². The van der Waals surface area contributed by atoms with E-state index >= 15 is 0 Å². The number of hydrogen-bond donors (Lipinski definition) is 1. The summed E-state index contributed by atoms with van der Waals surface area (Å²) < 4.78 is 27.7. The van der Waals surface area contributed by atoms with Gasteiger partial charge in [0.05, 0.1) is 12.4 Å². The monoisotopic (exact) mass is 350 g/mol. The molecule has 0 aliphatic heterocycles. The second-order valence-electron chi connectivity index (χ2n) is 8.20. The van der Waals surface area contributed by atoms with Crippen LogP contribution in [0.15, 0.2) is 18.2 Å². The summed E-state index contributed by atoms with van der Waals surface area (Å²) in [5, 5.41) is 10.4. The van der Waals surface area contributed by atoms with Crippen LogP contribution in [0, 0.1) is 17.3 Å². The maximum absolute atomic E-state index is 11.3. The van der Waals surface area contributed by atoms with Gasteiger partial charge in [0, 0.05) is 0 Å². The van der Waals surface area contributed by atoms with E-state index in [1.807, 2.05) is 6.07 Å². The van der Waals surface area contributed by atoms with Crippen molar-refractivity contribution in [3.05, 3.63) is 29.3 Å². The van der Waals surface area contributed by atoms with Crippen LogP contribution in [-0.2, 0) is 16.5 Å². The zero-order valence-corrected chi connectivity index (χ0v) is 15.2. The molecule has 5 unspecified atom stereocenters. The highest BCUT2D eigenvalue weighted by atomic mass is 32.2. The molecular formula is C19H26O4S. The fourth-order valence-electron chi connectivity index (χ4n) is 5.76. The number of hydrogen-bond acceptors (Lipinski definition) is 4. The molecule has 3 aliphatic rings. The summed E-state index contributed by atoms with van der Waals surface area (Å²) in [4.78, 5) is 0. The lowest BCUT2D eigenvalue weighted by molar-refractivity contribution is -0.0226. The fraction of sp³-hybridized carbons (Fsp3) is 0.684. The summed E-state index contributed by atoms with van der Waals surface area (Å²) in [6.07, 6.45) is 7.33. The average Bonchev–Trinajstić information content (AvgIpc) is 2.81. The molecule has 0 radical (unpaired) electrons. The number of fused-ring (bicyclic) bond motifs is 5. The quantitative estimate of drug-likeness (QED) is 0.832. The molecule has 0 bridgehead atoms. The van der Waals surface area contributed by atoms with Gasteiger partial charge in [-0.1, -0.05) is 13.0 Å². The van der Waals surface area contributed by atoms with Gasteiger partial charge in [-0.05, 0) is 85.0 Å². The molecular weight excluding hydrogens is 324 g/mol. The summed E-state index contributed by atoms with van der Waals surface area (Å²) in [7, 11) is -3.48. The molecule has 2 saturated carbocycles. The van der Waals surface area contributed by atoms with E-state index in [1.54, 1.807) is 6.07 Å². The molecule has 3 aliphatic carbocycles. The highest BCUT2D eigenvalue weighted by Gasteiger charge is 2.54. The van der Waals surface area contributed by atoms with Gasteiger partial charge in [-0.3, -0.25) is 0 Å². The summed E-state index contributed by atoms with van der Waals surface area (Å²) in [5.74, 6) is 2.23. The Morgan fingerprint density at radius 1 is 1.21 bits per heavy atom. The zero-order valence-electron chi connectivity index (χ0n) is 14.4. The Hall–Kier alpha value is -1.07. The molecule has 132 valence electrons. The number of aliphatic hydroxyl groups is 1. The van der Waals surface area contributed by atoms with Crippen molar-refractivity contribution >= 4 is 10.1 Å². The standard InChI is InChI=1S/C19H26O4S/c1-19-10-9-15-14-6-4-13(23-24(2,21)22)11-12(14)3-5-16(15)17(19)7-8-18(19)20/h4,6,11,15-18,20H,3,5,7-10H2,1-2H3. The number of aliphatic hydroxyl groups excluding tert-OH is 1. The van der Waals surface area contributed by atoms with Gasteiger partial charge in [-0.15, -0.1) is 0 Å². The minimum atomic E-state index is -3.48. The summed E-state index contributed by atoms with van der Waals surface area (Å²) >= 11 is 0. The first-order valence-corrected chi connectivity index (χ1v) is 10.8. The third-order valence-corrected chi connectivity index (χ3v) is 7.39. The molecule has 1 N–H and O–H groups in total. The second kappa shape index (κ2) is 5.46. The van der Waals surface area contributed by atoms with Gasteiger partial charge in [0.15, 0.2) is 0 Å². The number of benzene rings is 1. The molecule has 0 aromatic heterocycles. The molecule has 2 fully saturated rings. The van der Waals surface area contributed by atoms with Gasteiger partial charge in [-0.25, -0.2) is 0 Å². The van der Waals surface area contributed by atoms with E-state index in [0.717, 1.165) is 44.8 Å². The third kappa shape index (κ3) is 2.57. The van der Waals surface area contributed by atoms with Crippen LogP contribution in [0.1, 0.15) is 56.1 Å². The molecule has 24 heavy (non-hydrogen) atoms. The lowest BCUT2D eigenvalue weighted by Gasteiger charge is -2.50. The van der Waals surface area contributed by atoms with Gasteiger partial charge >= 0.3 is 10.1 Å². The summed E-state index contributed by atoms with van der Waals surface area (Å²) in [5.41, 5.74) is 2.70. The Morgan fingerprint density at radius 2 is 2.00 bits per heavy atom. The predicted molar refractivity (Wildman–Crippen MR) is 92.5 cm³/mol. The largest absolute Gasteiger partial charge is 0.393 e. The first kappa shape index (κ1) is 16.4. The molecule has 5 heteroatoms. The lowest BCUT2D eigenvalue weighted by atomic mass is 9.55. The number of aryl methyl sites for hydroxylation is 1. The highest BCUT2D eigenvalue weighted by molar-refractivity contribution is 7.86. The lowest BCUT2D eigenvalue weighted by Crippen LogP contribution is -2.43. The molecule has 4 nitrogen and oxygen atoms in total. The topological polar surface area (TPSA) is 63.6 Å². The van der Waals surface area contributed by atoms with E-state index in [1.165, 1.54) is 11.1 Å². The minimum absolute atomic E-state index is 0.0952. The van der Waals surface area contributed by atoms with E-state index in [2.05, 4.69) is 13.0 Å². The van der Waals surface area contributed by atoms with Crippen LogP contribution in [0.3, 0.4) is 0 Å². The van der Waals surface area contributed by atoms with E-state index in [0.29, 0.717) is 23.5 Å². The van der Waals surface area contributed by atoms with Gasteiger partial charge < -0.3 is 9.29 Å². The Kier molecular flexibility index (Phi) is 3.73. The van der Waals surface area contributed by atoms with Gasteiger partial charge in [0.25, 0.3) is 0 Å². The van der Waals surface area contributed by atoms with Crippen LogP contribution in [0.25, 0.3) is 0 Å². The van der Waals surface area contributed by atoms with Crippen LogP contribution in [0.2, 0.25) is 0 Å². The molecule has 0 saturated heterocycles. The van der Waals surface area contributed by atoms with Crippen LogP contribution in [0.4, 0.5) is 0 Å². The maximum atomic E-state index is 11.3. The Bertz CT molecular complexity index is 757. The van der Waals surface area contributed by atoms with Crippen LogP contribution >= 0.6 is 0 Å². The van der Waals surface area contributed by atoms with Crippen molar-refractivity contribution in [2.24, 2.45) is 17.3 Å². The Morgan fingerprint density at radius 3 is 2.75 bits per heavy atom. The van der Waals surface area contributed by atoms with Gasteiger partial charge in [0.1, 0.15) is 5.75 Å². The fourth-order valence-corrected chi connectivity index (χ4v) is 6.21. The molecule has 0 spiro atoms. The van der Waals surface area contributed by atoms with Crippen molar-refractivity contribution in [1.29, 1.82) is 0 Å². The van der Waals surface area contributed by atoms with Crippen LogP contribution in [-0.4, -0.2) is 25.9 Å². The van der Waals surface area contributed by atoms with E-state index in [9.17, 15) is 13.5 Å². The molecule has 1 aromatic rings. The number of rotatable bonds is 2. The van der Waals surface area contributed by atoms with Crippen molar-refractivity contribution in [3.8, 4) is 5.75 Å².